The number of alkyl halides is 1. The predicted molar refractivity (Wildman–Crippen MR) is 91.9 cm³/mol. The van der Waals surface area contributed by atoms with Crippen molar-refractivity contribution in [2.24, 2.45) is 0 Å². The lowest BCUT2D eigenvalue weighted by Crippen LogP contribution is -2.08. The second-order valence-electron chi connectivity index (χ2n) is 5.21. The molecule has 0 unspecified atom stereocenters. The van der Waals surface area contributed by atoms with Crippen LogP contribution in [0.2, 0.25) is 0 Å². The van der Waals surface area contributed by atoms with E-state index in [1.807, 2.05) is 30.3 Å². The first-order valence-electron chi connectivity index (χ1n) is 7.82. The number of benzene rings is 2. The minimum Gasteiger partial charge on any atom is -0.491 e. The molecule has 25 heavy (non-hydrogen) atoms. The Bertz CT molecular complexity index is 805. The number of hydrogen-bond donors (Lipinski definition) is 1. The van der Waals surface area contributed by atoms with E-state index in [-0.39, 0.29) is 6.61 Å². The van der Waals surface area contributed by atoms with Gasteiger partial charge in [-0.1, -0.05) is 6.07 Å². The summed E-state index contributed by atoms with van der Waals surface area (Å²) in [6.45, 7) is 0.252. The van der Waals surface area contributed by atoms with Gasteiger partial charge in [-0.15, -0.1) is 10.2 Å². The number of halogens is 1. The number of aromatic nitrogens is 2. The average Bonchev–Trinajstić information content (AvgIpc) is 3.13. The third-order valence-corrected chi connectivity index (χ3v) is 3.38. The molecule has 7 heteroatoms. The van der Waals surface area contributed by atoms with Crippen LogP contribution < -0.4 is 10.5 Å². The van der Waals surface area contributed by atoms with Crippen LogP contribution in [0.5, 0.6) is 5.75 Å². The van der Waals surface area contributed by atoms with Gasteiger partial charge >= 0.3 is 0 Å². The van der Waals surface area contributed by atoms with Gasteiger partial charge in [0.25, 0.3) is 0 Å². The lowest BCUT2D eigenvalue weighted by atomic mass is 10.2. The van der Waals surface area contributed by atoms with Gasteiger partial charge in [-0.3, -0.25) is 0 Å². The molecule has 1 heterocycles. The van der Waals surface area contributed by atoms with E-state index in [2.05, 4.69) is 10.2 Å². The van der Waals surface area contributed by atoms with Crippen molar-refractivity contribution in [2.45, 2.75) is 0 Å². The van der Waals surface area contributed by atoms with Crippen LogP contribution in [0.3, 0.4) is 0 Å². The molecule has 2 N–H and O–H groups in total. The normalized spacial score (nSPS) is 10.8. The van der Waals surface area contributed by atoms with Gasteiger partial charge in [0.15, 0.2) is 0 Å². The molecule has 3 rings (SSSR count). The van der Waals surface area contributed by atoms with E-state index in [9.17, 15) is 4.39 Å². The van der Waals surface area contributed by atoms with Gasteiger partial charge in [-0.2, -0.15) is 0 Å². The van der Waals surface area contributed by atoms with E-state index in [1.165, 1.54) is 0 Å². The summed E-state index contributed by atoms with van der Waals surface area (Å²) < 4.78 is 28.3. The van der Waals surface area contributed by atoms with Crippen molar-refractivity contribution in [3.8, 4) is 28.7 Å². The molecule has 6 nitrogen and oxygen atoms in total. The summed E-state index contributed by atoms with van der Waals surface area (Å²) >= 11 is 0. The van der Waals surface area contributed by atoms with Crippen molar-refractivity contribution >= 4 is 5.69 Å². The zero-order valence-electron chi connectivity index (χ0n) is 13.5. The van der Waals surface area contributed by atoms with Crippen LogP contribution in [0, 0.1) is 0 Å². The summed E-state index contributed by atoms with van der Waals surface area (Å²) in [6, 6.07) is 14.5. The minimum atomic E-state index is -0.497. The maximum absolute atomic E-state index is 11.9. The highest BCUT2D eigenvalue weighted by molar-refractivity contribution is 5.60. The van der Waals surface area contributed by atoms with E-state index in [1.54, 1.807) is 18.2 Å². The van der Waals surface area contributed by atoms with Gasteiger partial charge in [0, 0.05) is 16.8 Å². The Morgan fingerprint density at radius 1 is 0.920 bits per heavy atom. The minimum absolute atomic E-state index is 0.0826. The standard InChI is InChI=1S/C18H18FN3O3/c19-8-9-23-10-11-24-16-3-1-2-14(12-16)18-22-21-17(25-18)13-4-6-15(20)7-5-13/h1-7,12H,8-11,20H2. The van der Waals surface area contributed by atoms with Crippen LogP contribution in [-0.4, -0.2) is 36.7 Å². The summed E-state index contributed by atoms with van der Waals surface area (Å²) in [6.07, 6.45) is 0. The summed E-state index contributed by atoms with van der Waals surface area (Å²) in [5, 5.41) is 8.14. The summed E-state index contributed by atoms with van der Waals surface area (Å²) in [7, 11) is 0. The molecule has 0 saturated heterocycles. The lowest BCUT2D eigenvalue weighted by Gasteiger charge is -2.07. The van der Waals surface area contributed by atoms with E-state index in [0.717, 1.165) is 11.1 Å². The number of anilines is 1. The van der Waals surface area contributed by atoms with Crippen molar-refractivity contribution in [2.75, 3.05) is 32.2 Å². The summed E-state index contributed by atoms with van der Waals surface area (Å²) in [4.78, 5) is 0. The summed E-state index contributed by atoms with van der Waals surface area (Å²) in [5.41, 5.74) is 7.89. The Morgan fingerprint density at radius 3 is 2.44 bits per heavy atom. The molecule has 0 fully saturated rings. The Morgan fingerprint density at radius 2 is 1.68 bits per heavy atom. The monoisotopic (exact) mass is 343 g/mol. The van der Waals surface area contributed by atoms with Crippen LogP contribution in [0.25, 0.3) is 22.9 Å². The lowest BCUT2D eigenvalue weighted by molar-refractivity contribution is 0.0897. The van der Waals surface area contributed by atoms with Crippen LogP contribution >= 0.6 is 0 Å². The van der Waals surface area contributed by atoms with Crippen LogP contribution in [0.4, 0.5) is 10.1 Å². The zero-order valence-corrected chi connectivity index (χ0v) is 13.5. The number of nitrogen functional groups attached to an aromatic ring is 1. The quantitative estimate of drug-likeness (QED) is 0.499. The fourth-order valence-corrected chi connectivity index (χ4v) is 2.18. The van der Waals surface area contributed by atoms with Gasteiger partial charge < -0.3 is 19.6 Å². The van der Waals surface area contributed by atoms with Crippen molar-refractivity contribution in [1.29, 1.82) is 0 Å². The van der Waals surface area contributed by atoms with Crippen molar-refractivity contribution in [3.05, 3.63) is 48.5 Å². The Kier molecular flexibility index (Phi) is 5.58. The van der Waals surface area contributed by atoms with Crippen LogP contribution in [0.1, 0.15) is 0 Å². The topological polar surface area (TPSA) is 83.4 Å². The molecule has 0 amide bonds. The molecule has 0 aliphatic carbocycles. The molecule has 0 bridgehead atoms. The van der Waals surface area contributed by atoms with E-state index in [0.29, 0.717) is 36.4 Å². The van der Waals surface area contributed by atoms with Gasteiger partial charge in [0.2, 0.25) is 11.8 Å². The van der Waals surface area contributed by atoms with Gasteiger partial charge in [0.05, 0.1) is 13.2 Å². The smallest absolute Gasteiger partial charge is 0.248 e. The number of nitrogens with two attached hydrogens (primary N) is 1. The average molecular weight is 343 g/mol. The molecular weight excluding hydrogens is 325 g/mol. The molecule has 130 valence electrons. The first kappa shape index (κ1) is 16.9. The Hall–Kier alpha value is -2.93. The second-order valence-corrected chi connectivity index (χ2v) is 5.21. The molecule has 0 aliphatic heterocycles. The zero-order chi connectivity index (χ0) is 17.5. The molecule has 0 atom stereocenters. The van der Waals surface area contributed by atoms with Crippen molar-refractivity contribution < 1.29 is 18.3 Å². The van der Waals surface area contributed by atoms with Gasteiger partial charge in [-0.05, 0) is 42.5 Å². The number of rotatable bonds is 8. The molecule has 3 aromatic rings. The highest BCUT2D eigenvalue weighted by Gasteiger charge is 2.11. The largest absolute Gasteiger partial charge is 0.491 e. The third-order valence-electron chi connectivity index (χ3n) is 3.38. The predicted octanol–water partition coefficient (Wildman–Crippen LogP) is 3.35. The number of nitrogens with zero attached hydrogens (tertiary/aromatic N) is 2. The molecule has 1 aromatic heterocycles. The maximum Gasteiger partial charge on any atom is 0.248 e. The maximum atomic E-state index is 11.9. The Labute approximate surface area is 144 Å². The first-order chi connectivity index (χ1) is 12.3. The molecule has 0 saturated carbocycles. The van der Waals surface area contributed by atoms with Gasteiger partial charge in [0.1, 0.15) is 19.0 Å². The van der Waals surface area contributed by atoms with Crippen molar-refractivity contribution in [3.63, 3.8) is 0 Å². The van der Waals surface area contributed by atoms with E-state index >= 15 is 0 Å². The SMILES string of the molecule is Nc1ccc(-c2nnc(-c3cccc(OCCOCCF)c3)o2)cc1. The fraction of sp³-hybridized carbons (Fsp3) is 0.222. The highest BCUT2D eigenvalue weighted by atomic mass is 19.1. The number of ether oxygens (including phenoxy) is 2. The molecule has 0 aliphatic rings. The first-order valence-corrected chi connectivity index (χ1v) is 7.82. The second kappa shape index (κ2) is 8.25. The van der Waals surface area contributed by atoms with E-state index in [4.69, 9.17) is 19.6 Å². The molecular formula is C18H18FN3O3. The third kappa shape index (κ3) is 4.54. The highest BCUT2D eigenvalue weighted by Crippen LogP contribution is 2.26. The summed E-state index contributed by atoms with van der Waals surface area (Å²) in [5.74, 6) is 1.46. The molecule has 0 radical (unpaired) electrons. The molecule has 0 spiro atoms. The number of hydrogen-bond acceptors (Lipinski definition) is 6. The van der Waals surface area contributed by atoms with E-state index < -0.39 is 6.67 Å². The van der Waals surface area contributed by atoms with Crippen LogP contribution in [0.15, 0.2) is 52.9 Å². The van der Waals surface area contributed by atoms with Crippen molar-refractivity contribution in [1.82, 2.24) is 10.2 Å². The molecule has 2 aromatic carbocycles. The Balaban J connectivity index is 1.68. The van der Waals surface area contributed by atoms with Crippen LogP contribution in [-0.2, 0) is 4.74 Å². The van der Waals surface area contributed by atoms with Gasteiger partial charge in [-0.25, -0.2) is 4.39 Å². The fourth-order valence-electron chi connectivity index (χ4n) is 2.18.